The maximum Gasteiger partial charge on any atom is 0.163 e. The molecule has 0 bridgehead atoms. The molecular weight excluding hydrogens is 348 g/mol. The maximum atomic E-state index is 12.1. The second kappa shape index (κ2) is 11.1. The molecule has 1 unspecified atom stereocenters. The van der Waals surface area contributed by atoms with Gasteiger partial charge in [0.1, 0.15) is 5.78 Å². The van der Waals surface area contributed by atoms with Crippen LogP contribution in [0.1, 0.15) is 72.6 Å². The summed E-state index contributed by atoms with van der Waals surface area (Å²) in [5.74, 6) is -1.02. The number of Topliss-reactive ketones (excluding diaryl/α,β-unsaturated/α-hetero) is 2. The number of ketones is 2. The Balaban J connectivity index is 2.21. The molecule has 0 radical (unpaired) electrons. The van der Waals surface area contributed by atoms with Crippen molar-refractivity contribution in [3.05, 3.63) is 11.6 Å². The molecule has 0 amide bonds. The molecule has 0 spiro atoms. The number of carbonyl (C=O) groups excluding carboxylic acids is 2. The molecular formula is C21H36O6. The summed E-state index contributed by atoms with van der Waals surface area (Å²) in [6.45, 7) is 8.00. The Bertz CT molecular complexity index is 521. The van der Waals surface area contributed by atoms with Crippen LogP contribution in [0.3, 0.4) is 0 Å². The minimum Gasteiger partial charge on any atom is -0.354 e. The highest BCUT2D eigenvalue weighted by molar-refractivity contribution is 5.98. The van der Waals surface area contributed by atoms with Crippen LogP contribution >= 0.6 is 0 Å². The summed E-state index contributed by atoms with van der Waals surface area (Å²) >= 11 is 0. The topological polar surface area (TPSA) is 71.1 Å². The Morgan fingerprint density at radius 2 is 1.70 bits per heavy atom. The SMILES string of the molecule is COC(C)(C)OCCCCCC(=O)CCC1=CC(OC(C)(C)OC)CC1=O. The molecule has 156 valence electrons. The molecule has 0 fully saturated rings. The first-order valence-corrected chi connectivity index (χ1v) is 9.76. The van der Waals surface area contributed by atoms with Crippen molar-refractivity contribution in [1.82, 2.24) is 0 Å². The van der Waals surface area contributed by atoms with Crippen molar-refractivity contribution in [3.63, 3.8) is 0 Å². The van der Waals surface area contributed by atoms with Gasteiger partial charge in [-0.1, -0.05) is 6.42 Å². The van der Waals surface area contributed by atoms with Gasteiger partial charge in [0, 0.05) is 40.1 Å². The van der Waals surface area contributed by atoms with Gasteiger partial charge in [-0.2, -0.15) is 0 Å². The number of carbonyl (C=O) groups is 2. The number of methoxy groups -OCH3 is 2. The quantitative estimate of drug-likeness (QED) is 0.333. The van der Waals surface area contributed by atoms with Crippen LogP contribution in [0.4, 0.5) is 0 Å². The number of rotatable bonds is 14. The lowest BCUT2D eigenvalue weighted by atomic mass is 10.0. The molecule has 0 saturated heterocycles. The average Bonchev–Trinajstić information content (AvgIpc) is 2.94. The van der Waals surface area contributed by atoms with Gasteiger partial charge in [-0.15, -0.1) is 0 Å². The van der Waals surface area contributed by atoms with E-state index < -0.39 is 11.6 Å². The molecule has 0 saturated carbocycles. The summed E-state index contributed by atoms with van der Waals surface area (Å²) in [6.07, 6.45) is 6.03. The third kappa shape index (κ3) is 9.60. The van der Waals surface area contributed by atoms with Gasteiger partial charge in [0.25, 0.3) is 0 Å². The summed E-state index contributed by atoms with van der Waals surface area (Å²) in [7, 11) is 3.20. The predicted molar refractivity (Wildman–Crippen MR) is 103 cm³/mol. The minimum absolute atomic E-state index is 0.0672. The lowest BCUT2D eigenvalue weighted by molar-refractivity contribution is -0.212. The molecule has 27 heavy (non-hydrogen) atoms. The third-order valence-electron chi connectivity index (χ3n) is 4.77. The van der Waals surface area contributed by atoms with Gasteiger partial charge in [-0.25, -0.2) is 0 Å². The van der Waals surface area contributed by atoms with Gasteiger partial charge in [-0.05, 0) is 58.6 Å². The predicted octanol–water partition coefficient (Wildman–Crippen LogP) is 3.96. The van der Waals surface area contributed by atoms with Crippen molar-refractivity contribution in [2.75, 3.05) is 20.8 Å². The van der Waals surface area contributed by atoms with Crippen LogP contribution in [0.2, 0.25) is 0 Å². The number of hydrogen-bond donors (Lipinski definition) is 0. The van der Waals surface area contributed by atoms with Crippen LogP contribution in [-0.2, 0) is 28.5 Å². The van der Waals surface area contributed by atoms with Crippen molar-refractivity contribution in [2.24, 2.45) is 0 Å². The lowest BCUT2D eigenvalue weighted by Crippen LogP contribution is -2.31. The molecule has 1 rings (SSSR count). The van der Waals surface area contributed by atoms with Gasteiger partial charge in [0.05, 0.1) is 6.10 Å². The smallest absolute Gasteiger partial charge is 0.163 e. The van der Waals surface area contributed by atoms with Crippen LogP contribution in [-0.4, -0.2) is 50.1 Å². The normalized spacial score (nSPS) is 18.1. The van der Waals surface area contributed by atoms with Crippen LogP contribution in [0.15, 0.2) is 11.6 Å². The van der Waals surface area contributed by atoms with E-state index in [0.717, 1.165) is 19.3 Å². The van der Waals surface area contributed by atoms with Crippen molar-refractivity contribution >= 4 is 11.6 Å². The first kappa shape index (κ1) is 24.0. The highest BCUT2D eigenvalue weighted by atomic mass is 16.7. The van der Waals surface area contributed by atoms with Gasteiger partial charge in [0.2, 0.25) is 0 Å². The highest BCUT2D eigenvalue weighted by Crippen LogP contribution is 2.26. The van der Waals surface area contributed by atoms with Crippen molar-refractivity contribution in [3.8, 4) is 0 Å². The molecule has 1 aliphatic rings. The molecule has 6 heteroatoms. The summed E-state index contributed by atoms with van der Waals surface area (Å²) in [6, 6.07) is 0. The lowest BCUT2D eigenvalue weighted by Gasteiger charge is -2.26. The Morgan fingerprint density at radius 3 is 2.33 bits per heavy atom. The maximum absolute atomic E-state index is 12.1. The Labute approximate surface area is 163 Å². The van der Waals surface area contributed by atoms with Crippen molar-refractivity contribution in [2.45, 2.75) is 90.3 Å². The largest absolute Gasteiger partial charge is 0.354 e. The molecule has 6 nitrogen and oxygen atoms in total. The standard InChI is InChI=1S/C21H36O6/c1-20(2,24-5)26-13-9-7-8-10-17(22)12-11-16-14-18(15-19(16)23)27-21(3,4)25-6/h14,18H,7-13,15H2,1-6H3. The molecule has 0 N–H and O–H groups in total. The highest BCUT2D eigenvalue weighted by Gasteiger charge is 2.29. The monoisotopic (exact) mass is 384 g/mol. The number of unbranched alkanes of at least 4 members (excludes halogenated alkanes) is 2. The van der Waals surface area contributed by atoms with E-state index in [9.17, 15) is 9.59 Å². The van der Waals surface area contributed by atoms with Gasteiger partial charge in [0.15, 0.2) is 17.4 Å². The van der Waals surface area contributed by atoms with Crippen molar-refractivity contribution in [1.29, 1.82) is 0 Å². The Hall–Kier alpha value is -1.08. The second-order valence-corrected chi connectivity index (χ2v) is 7.88. The van der Waals surface area contributed by atoms with E-state index in [4.69, 9.17) is 18.9 Å². The first-order valence-electron chi connectivity index (χ1n) is 9.76. The zero-order valence-electron chi connectivity index (χ0n) is 17.8. The fourth-order valence-corrected chi connectivity index (χ4v) is 2.78. The van der Waals surface area contributed by atoms with E-state index in [0.29, 0.717) is 37.9 Å². The zero-order valence-corrected chi connectivity index (χ0v) is 17.8. The fourth-order valence-electron chi connectivity index (χ4n) is 2.78. The molecule has 1 aliphatic carbocycles. The molecule has 0 aliphatic heterocycles. The first-order chi connectivity index (χ1) is 12.6. The van der Waals surface area contributed by atoms with E-state index in [2.05, 4.69) is 0 Å². The average molecular weight is 385 g/mol. The molecule has 0 aromatic rings. The number of ether oxygens (including phenoxy) is 4. The van der Waals surface area contributed by atoms with E-state index >= 15 is 0 Å². The van der Waals surface area contributed by atoms with E-state index in [1.807, 2.05) is 33.8 Å². The van der Waals surface area contributed by atoms with Gasteiger partial charge < -0.3 is 18.9 Å². The van der Waals surface area contributed by atoms with E-state index in [1.54, 1.807) is 14.2 Å². The van der Waals surface area contributed by atoms with Gasteiger partial charge >= 0.3 is 0 Å². The van der Waals surface area contributed by atoms with Crippen LogP contribution in [0.5, 0.6) is 0 Å². The molecule has 0 aromatic carbocycles. The van der Waals surface area contributed by atoms with Crippen LogP contribution in [0, 0.1) is 0 Å². The van der Waals surface area contributed by atoms with Gasteiger partial charge in [-0.3, -0.25) is 9.59 Å². The van der Waals surface area contributed by atoms with E-state index in [1.165, 1.54) is 0 Å². The van der Waals surface area contributed by atoms with Crippen LogP contribution in [0.25, 0.3) is 0 Å². The van der Waals surface area contributed by atoms with E-state index in [-0.39, 0.29) is 17.7 Å². The molecule has 0 heterocycles. The summed E-state index contributed by atoms with van der Waals surface area (Å²) in [4.78, 5) is 24.1. The Kier molecular flexibility index (Phi) is 9.81. The number of hydrogen-bond acceptors (Lipinski definition) is 6. The van der Waals surface area contributed by atoms with Crippen molar-refractivity contribution < 1.29 is 28.5 Å². The third-order valence-corrected chi connectivity index (χ3v) is 4.77. The fraction of sp³-hybridized carbons (Fsp3) is 0.810. The zero-order chi connectivity index (χ0) is 20.5. The summed E-state index contributed by atoms with van der Waals surface area (Å²) in [5, 5.41) is 0. The Morgan fingerprint density at radius 1 is 1.04 bits per heavy atom. The van der Waals surface area contributed by atoms with Crippen LogP contribution < -0.4 is 0 Å². The number of allylic oxidation sites excluding steroid dienone is 1. The molecule has 1 atom stereocenters. The summed E-state index contributed by atoms with van der Waals surface area (Å²) in [5.41, 5.74) is 0.704. The molecule has 0 aromatic heterocycles. The minimum atomic E-state index is -0.727. The summed E-state index contributed by atoms with van der Waals surface area (Å²) < 4.78 is 21.8. The second-order valence-electron chi connectivity index (χ2n) is 7.88.